The van der Waals surface area contributed by atoms with Gasteiger partial charge in [-0.15, -0.1) is 0 Å². The van der Waals surface area contributed by atoms with Crippen LogP contribution in [0.2, 0.25) is 0 Å². The van der Waals surface area contributed by atoms with Crippen LogP contribution in [0.3, 0.4) is 0 Å². The van der Waals surface area contributed by atoms with Crippen molar-refractivity contribution in [3.05, 3.63) is 29.8 Å². The van der Waals surface area contributed by atoms with E-state index in [1.165, 1.54) is 39.2 Å². The quantitative estimate of drug-likeness (QED) is 0.152. The molecule has 0 radical (unpaired) electrons. The van der Waals surface area contributed by atoms with Crippen LogP contribution < -0.4 is 0 Å². The topological polar surface area (TPSA) is 63.5 Å². The largest absolute Gasteiger partial charge is 0.469 e. The van der Waals surface area contributed by atoms with Crippen LogP contribution in [0.1, 0.15) is 102 Å². The average molecular weight is 466 g/mol. The van der Waals surface area contributed by atoms with E-state index < -0.39 is 10.0 Å². The number of aryl methyl sites for hydroxylation is 1. The molecule has 1 aliphatic heterocycles. The second-order valence-corrected chi connectivity index (χ2v) is 11.1. The number of hydrogen-bond acceptors (Lipinski definition) is 4. The Balaban J connectivity index is 1.83. The van der Waals surface area contributed by atoms with Gasteiger partial charge in [0.15, 0.2) is 0 Å². The van der Waals surface area contributed by atoms with E-state index >= 15 is 0 Å². The number of esters is 1. The van der Waals surface area contributed by atoms with Crippen molar-refractivity contribution < 1.29 is 17.9 Å². The number of carbonyl (C=O) groups excluding carboxylic acids is 1. The SMILES string of the molecule is CCCCCCCC[C@H]1[C@@H](CCCCCCCC(=O)OC)N1S(=O)(=O)c1ccc(C)cc1. The zero-order valence-electron chi connectivity index (χ0n) is 20.4. The van der Waals surface area contributed by atoms with Gasteiger partial charge in [0.2, 0.25) is 10.0 Å². The summed E-state index contributed by atoms with van der Waals surface area (Å²) < 4.78 is 33.0. The summed E-state index contributed by atoms with van der Waals surface area (Å²) in [4.78, 5) is 11.6. The van der Waals surface area contributed by atoms with Gasteiger partial charge in [0.05, 0.1) is 12.0 Å². The van der Waals surface area contributed by atoms with E-state index in [0.717, 1.165) is 56.9 Å². The van der Waals surface area contributed by atoms with Gasteiger partial charge in [-0.05, 0) is 38.3 Å². The Bertz CT molecular complexity index is 776. The van der Waals surface area contributed by atoms with Gasteiger partial charge in [-0.3, -0.25) is 4.79 Å². The molecule has 1 aromatic rings. The summed E-state index contributed by atoms with van der Waals surface area (Å²) in [5.41, 5.74) is 1.07. The molecule has 0 aliphatic carbocycles. The molecule has 0 spiro atoms. The third-order valence-electron chi connectivity index (χ3n) is 6.57. The highest BCUT2D eigenvalue weighted by atomic mass is 32.2. The molecule has 1 aromatic carbocycles. The summed E-state index contributed by atoms with van der Waals surface area (Å²) in [6.07, 6.45) is 14.9. The molecular weight excluding hydrogens is 422 g/mol. The minimum Gasteiger partial charge on any atom is -0.469 e. The first-order chi connectivity index (χ1) is 15.4. The molecule has 1 saturated heterocycles. The fraction of sp³-hybridized carbons (Fsp3) is 0.731. The maximum Gasteiger partial charge on any atom is 0.305 e. The molecule has 32 heavy (non-hydrogen) atoms. The first-order valence-corrected chi connectivity index (χ1v) is 14.0. The van der Waals surface area contributed by atoms with Crippen LogP contribution >= 0.6 is 0 Å². The van der Waals surface area contributed by atoms with Gasteiger partial charge in [-0.25, -0.2) is 8.42 Å². The maximum atomic E-state index is 13.2. The van der Waals surface area contributed by atoms with Gasteiger partial charge in [0.25, 0.3) is 0 Å². The number of carbonyl (C=O) groups is 1. The Labute approximate surface area is 196 Å². The van der Waals surface area contributed by atoms with Gasteiger partial charge in [0, 0.05) is 18.5 Å². The molecule has 0 aromatic heterocycles. The molecule has 0 N–H and O–H groups in total. The Kier molecular flexibility index (Phi) is 11.7. The average Bonchev–Trinajstić information content (AvgIpc) is 3.49. The molecule has 1 fully saturated rings. The molecule has 2 rings (SSSR count). The third kappa shape index (κ3) is 8.51. The van der Waals surface area contributed by atoms with Crippen molar-refractivity contribution in [2.75, 3.05) is 7.11 Å². The van der Waals surface area contributed by atoms with Crippen molar-refractivity contribution in [1.29, 1.82) is 0 Å². The molecule has 3 atom stereocenters. The highest BCUT2D eigenvalue weighted by Crippen LogP contribution is 2.41. The maximum absolute atomic E-state index is 13.2. The lowest BCUT2D eigenvalue weighted by Gasteiger charge is -2.08. The van der Waals surface area contributed by atoms with E-state index in [4.69, 9.17) is 0 Å². The van der Waals surface area contributed by atoms with Crippen LogP contribution in [0, 0.1) is 6.92 Å². The van der Waals surface area contributed by atoms with Crippen LogP contribution in [0.25, 0.3) is 0 Å². The smallest absolute Gasteiger partial charge is 0.305 e. The van der Waals surface area contributed by atoms with E-state index in [9.17, 15) is 13.2 Å². The van der Waals surface area contributed by atoms with Crippen molar-refractivity contribution in [3.63, 3.8) is 0 Å². The van der Waals surface area contributed by atoms with Crippen LogP contribution in [0.15, 0.2) is 29.2 Å². The van der Waals surface area contributed by atoms with Gasteiger partial charge < -0.3 is 4.74 Å². The lowest BCUT2D eigenvalue weighted by atomic mass is 10.0. The minimum atomic E-state index is -3.41. The summed E-state index contributed by atoms with van der Waals surface area (Å²) in [7, 11) is -1.99. The minimum absolute atomic E-state index is 0.141. The van der Waals surface area contributed by atoms with Crippen LogP contribution in [0.4, 0.5) is 0 Å². The van der Waals surface area contributed by atoms with Crippen LogP contribution in [-0.4, -0.2) is 37.9 Å². The summed E-state index contributed by atoms with van der Waals surface area (Å²) in [6.45, 7) is 4.20. The Hall–Kier alpha value is -1.40. The number of methoxy groups -OCH3 is 1. The summed E-state index contributed by atoms with van der Waals surface area (Å²) in [5.74, 6) is -0.141. The Morgan fingerprint density at radius 3 is 1.88 bits per heavy atom. The molecule has 0 saturated carbocycles. The molecule has 1 heterocycles. The first kappa shape index (κ1) is 26.8. The van der Waals surface area contributed by atoms with Gasteiger partial charge in [-0.2, -0.15) is 4.31 Å². The second kappa shape index (κ2) is 14.0. The number of benzene rings is 1. The van der Waals surface area contributed by atoms with Crippen LogP contribution in [0.5, 0.6) is 0 Å². The van der Waals surface area contributed by atoms with Gasteiger partial charge in [0.1, 0.15) is 0 Å². The fourth-order valence-corrected chi connectivity index (χ4v) is 6.40. The number of nitrogens with zero attached hydrogens (tertiary/aromatic N) is 1. The van der Waals surface area contributed by atoms with Crippen LogP contribution in [-0.2, 0) is 19.6 Å². The van der Waals surface area contributed by atoms with Crippen molar-refractivity contribution in [2.24, 2.45) is 0 Å². The van der Waals surface area contributed by atoms with E-state index in [-0.39, 0.29) is 18.1 Å². The first-order valence-electron chi connectivity index (χ1n) is 12.6. The van der Waals surface area contributed by atoms with Crippen molar-refractivity contribution in [1.82, 2.24) is 4.31 Å². The molecular formula is C26H43NO4S. The van der Waals surface area contributed by atoms with Gasteiger partial charge in [-0.1, -0.05) is 88.8 Å². The zero-order chi connectivity index (χ0) is 23.4. The van der Waals surface area contributed by atoms with Crippen molar-refractivity contribution in [2.45, 2.75) is 121 Å². The number of ether oxygens (including phenoxy) is 1. The molecule has 5 nitrogen and oxygen atoms in total. The Morgan fingerprint density at radius 2 is 1.34 bits per heavy atom. The molecule has 0 bridgehead atoms. The summed E-state index contributed by atoms with van der Waals surface area (Å²) in [6, 6.07) is 7.54. The van der Waals surface area contributed by atoms with E-state index in [2.05, 4.69) is 11.7 Å². The summed E-state index contributed by atoms with van der Waals surface area (Å²) >= 11 is 0. The van der Waals surface area contributed by atoms with E-state index in [0.29, 0.717) is 11.3 Å². The second-order valence-electron chi connectivity index (χ2n) is 9.22. The zero-order valence-corrected chi connectivity index (χ0v) is 21.2. The number of rotatable bonds is 17. The monoisotopic (exact) mass is 465 g/mol. The lowest BCUT2D eigenvalue weighted by Crippen LogP contribution is -2.16. The number of hydrogen-bond donors (Lipinski definition) is 0. The number of unbranched alkanes of at least 4 members (excludes halogenated alkanes) is 9. The van der Waals surface area contributed by atoms with Crippen molar-refractivity contribution >= 4 is 16.0 Å². The number of sulfonamides is 1. The summed E-state index contributed by atoms with van der Waals surface area (Å²) in [5, 5.41) is 0. The van der Waals surface area contributed by atoms with E-state index in [1.807, 2.05) is 19.1 Å². The third-order valence-corrected chi connectivity index (χ3v) is 8.53. The molecule has 1 aliphatic rings. The lowest BCUT2D eigenvalue weighted by molar-refractivity contribution is -0.140. The fourth-order valence-electron chi connectivity index (χ4n) is 4.53. The normalized spacial score (nSPS) is 20.3. The molecule has 0 amide bonds. The molecule has 1 unspecified atom stereocenters. The highest BCUT2D eigenvalue weighted by Gasteiger charge is 2.53. The predicted octanol–water partition coefficient (Wildman–Crippen LogP) is 6.39. The Morgan fingerprint density at radius 1 is 0.844 bits per heavy atom. The van der Waals surface area contributed by atoms with Crippen molar-refractivity contribution in [3.8, 4) is 0 Å². The predicted molar refractivity (Wildman–Crippen MR) is 130 cm³/mol. The standard InChI is InChI=1S/C26H43NO4S/c1-4-5-6-7-9-12-15-24-25(16-13-10-8-11-14-17-26(28)31-3)27(24)32(29,30)23-20-18-22(2)19-21-23/h18-21,24-25H,4-17H2,1-3H3/t24-,25+,27?/m0/s1. The highest BCUT2D eigenvalue weighted by molar-refractivity contribution is 7.89. The van der Waals surface area contributed by atoms with E-state index in [1.54, 1.807) is 16.4 Å². The van der Waals surface area contributed by atoms with Gasteiger partial charge >= 0.3 is 5.97 Å². The molecule has 182 valence electrons. The molecule has 6 heteroatoms.